The first-order valence-electron chi connectivity index (χ1n) is 18.6. The minimum absolute atomic E-state index is 0.0112. The van der Waals surface area contributed by atoms with Crippen molar-refractivity contribution >= 4 is 38.4 Å². The van der Waals surface area contributed by atoms with Gasteiger partial charge in [0.2, 0.25) is 0 Å². The summed E-state index contributed by atoms with van der Waals surface area (Å²) in [6, 6.07) is 5.13. The maximum absolute atomic E-state index is 17.7. The Morgan fingerprint density at radius 3 is 2.44 bits per heavy atom. The van der Waals surface area contributed by atoms with Gasteiger partial charge in [-0.3, -0.25) is 14.5 Å². The summed E-state index contributed by atoms with van der Waals surface area (Å²) < 4.78 is 89.4. The van der Waals surface area contributed by atoms with Crippen molar-refractivity contribution in [3.63, 3.8) is 0 Å². The number of terminal acetylenes is 1. The first kappa shape index (κ1) is 35.9. The van der Waals surface area contributed by atoms with Gasteiger partial charge < -0.3 is 19.5 Å². The summed E-state index contributed by atoms with van der Waals surface area (Å²) in [5.74, 6) is -1.98. The Labute approximate surface area is 313 Å². The molecular formula is C40H40F5N7O3. The van der Waals surface area contributed by atoms with Crippen LogP contribution in [0.2, 0.25) is 0 Å². The number of hydrogen-bond donors (Lipinski definition) is 1. The number of aryl methyl sites for hydroxylation is 1. The molecule has 1 N–H and O–H groups in total. The van der Waals surface area contributed by atoms with Crippen molar-refractivity contribution in [3.8, 4) is 35.2 Å². The number of halogens is 5. The van der Waals surface area contributed by atoms with Crippen molar-refractivity contribution in [2.75, 3.05) is 64.5 Å². The Kier molecular flexibility index (Phi) is 8.59. The van der Waals surface area contributed by atoms with Crippen molar-refractivity contribution in [1.29, 1.82) is 0 Å². The fourth-order valence-corrected chi connectivity index (χ4v) is 9.15. The van der Waals surface area contributed by atoms with E-state index >= 15 is 8.78 Å². The van der Waals surface area contributed by atoms with Crippen molar-refractivity contribution in [1.82, 2.24) is 29.5 Å². The number of methoxy groups -OCH3 is 1. The molecule has 3 aromatic carbocycles. The maximum Gasteiger partial charge on any atom is 0.319 e. The van der Waals surface area contributed by atoms with Crippen LogP contribution in [0.5, 0.6) is 11.8 Å². The SMILES string of the molecule is C#Cc1c(F)ccc2cc(O)cc(-c3c(F)c4nc(OC[C@]5(CN6CC(F)C6)CC5(F)F)nc(N5C6CCC5CN(CCCOC)C6)c4c4cn(C)nc34)c12. The van der Waals surface area contributed by atoms with Crippen LogP contribution in [0.4, 0.5) is 27.8 Å². The molecule has 9 rings (SSSR count). The molecule has 2 unspecified atom stereocenters. The van der Waals surface area contributed by atoms with E-state index in [1.807, 2.05) is 0 Å². The van der Waals surface area contributed by atoms with Gasteiger partial charge in [0.15, 0.2) is 5.82 Å². The van der Waals surface area contributed by atoms with E-state index in [-0.39, 0.29) is 76.6 Å². The molecule has 5 aromatic rings. The molecule has 2 aromatic heterocycles. The van der Waals surface area contributed by atoms with Crippen LogP contribution in [0.15, 0.2) is 30.5 Å². The molecular weight excluding hydrogens is 721 g/mol. The van der Waals surface area contributed by atoms with E-state index in [9.17, 15) is 18.3 Å². The highest BCUT2D eigenvalue weighted by Gasteiger charge is 2.72. The largest absolute Gasteiger partial charge is 0.508 e. The van der Waals surface area contributed by atoms with Crippen LogP contribution in [0.25, 0.3) is 43.7 Å². The van der Waals surface area contributed by atoms with E-state index in [1.54, 1.807) is 25.3 Å². The van der Waals surface area contributed by atoms with Gasteiger partial charge in [-0.1, -0.05) is 12.0 Å². The summed E-state index contributed by atoms with van der Waals surface area (Å²) in [7, 11) is 3.37. The van der Waals surface area contributed by atoms with Crippen LogP contribution in [0.1, 0.15) is 31.2 Å². The third-order valence-electron chi connectivity index (χ3n) is 11.8. The number of benzene rings is 3. The number of alkyl halides is 3. The number of likely N-dealkylation sites (tertiary alicyclic amines) is 2. The van der Waals surface area contributed by atoms with Crippen LogP contribution in [0, 0.1) is 29.4 Å². The zero-order valence-corrected chi connectivity index (χ0v) is 30.5. The third kappa shape index (κ3) is 5.91. The predicted octanol–water partition coefficient (Wildman–Crippen LogP) is 6.05. The van der Waals surface area contributed by atoms with Crippen LogP contribution in [-0.4, -0.2) is 118 Å². The van der Waals surface area contributed by atoms with Crippen LogP contribution < -0.4 is 9.64 Å². The van der Waals surface area contributed by atoms with Crippen molar-refractivity contribution in [2.24, 2.45) is 12.5 Å². The highest BCUT2D eigenvalue weighted by molar-refractivity contribution is 6.18. The molecule has 3 atom stereocenters. The van der Waals surface area contributed by atoms with E-state index in [0.29, 0.717) is 28.6 Å². The molecule has 0 amide bonds. The molecule has 3 aliphatic heterocycles. The number of anilines is 1. The second-order valence-electron chi connectivity index (χ2n) is 15.6. The average Bonchev–Trinajstić information content (AvgIpc) is 3.32. The molecule has 1 saturated carbocycles. The lowest BCUT2D eigenvalue weighted by molar-refractivity contribution is -0.0118. The fourth-order valence-electron chi connectivity index (χ4n) is 9.15. The van der Waals surface area contributed by atoms with E-state index in [0.717, 1.165) is 38.9 Å². The molecule has 4 fully saturated rings. The second-order valence-corrected chi connectivity index (χ2v) is 15.6. The van der Waals surface area contributed by atoms with Crippen molar-refractivity contribution < 1.29 is 36.5 Å². The fraction of sp³-hybridized carbons (Fsp3) is 0.475. The summed E-state index contributed by atoms with van der Waals surface area (Å²) >= 11 is 0. The predicted molar refractivity (Wildman–Crippen MR) is 197 cm³/mol. The van der Waals surface area contributed by atoms with Crippen LogP contribution in [-0.2, 0) is 11.8 Å². The topological polar surface area (TPSA) is 92.0 Å². The van der Waals surface area contributed by atoms with Crippen molar-refractivity contribution in [2.45, 2.75) is 49.9 Å². The zero-order valence-electron chi connectivity index (χ0n) is 30.5. The molecule has 55 heavy (non-hydrogen) atoms. The molecule has 0 radical (unpaired) electrons. The van der Waals surface area contributed by atoms with E-state index < -0.39 is 42.2 Å². The number of hydrogen-bond acceptors (Lipinski definition) is 9. The van der Waals surface area contributed by atoms with Gasteiger partial charge in [-0.05, 0) is 48.4 Å². The number of rotatable bonds is 11. The highest BCUT2D eigenvalue weighted by atomic mass is 19.3. The molecule has 4 aliphatic rings. The van der Waals surface area contributed by atoms with E-state index in [2.05, 4.69) is 25.8 Å². The molecule has 10 nitrogen and oxygen atoms in total. The molecule has 1 aliphatic carbocycles. The summed E-state index contributed by atoms with van der Waals surface area (Å²) in [4.78, 5) is 15.7. The third-order valence-corrected chi connectivity index (χ3v) is 11.8. The first-order chi connectivity index (χ1) is 26.4. The quantitative estimate of drug-likeness (QED) is 0.0982. The Morgan fingerprint density at radius 1 is 1.02 bits per heavy atom. The van der Waals surface area contributed by atoms with Gasteiger partial charge in [0.25, 0.3) is 5.92 Å². The lowest BCUT2D eigenvalue weighted by Crippen LogP contribution is -2.54. The lowest BCUT2D eigenvalue weighted by atomic mass is 9.91. The van der Waals surface area contributed by atoms with E-state index in [1.165, 1.54) is 28.9 Å². The number of aromatic nitrogens is 4. The minimum atomic E-state index is -3.03. The van der Waals surface area contributed by atoms with Crippen LogP contribution in [0.3, 0.4) is 0 Å². The van der Waals surface area contributed by atoms with E-state index in [4.69, 9.17) is 20.9 Å². The van der Waals surface area contributed by atoms with Gasteiger partial charge in [-0.15, -0.1) is 6.42 Å². The lowest BCUT2D eigenvalue weighted by Gasteiger charge is -2.42. The minimum Gasteiger partial charge on any atom is -0.508 e. The normalized spacial score (nSPS) is 23.9. The monoisotopic (exact) mass is 761 g/mol. The number of fused-ring (bicyclic) bond motifs is 6. The molecule has 2 bridgehead atoms. The number of phenolic OH excluding ortho intramolecular Hbond substituents is 1. The summed E-state index contributed by atoms with van der Waals surface area (Å²) in [6.45, 7) is 2.62. The Balaban J connectivity index is 1.23. The van der Waals surface area contributed by atoms with Gasteiger partial charge in [0.05, 0.1) is 16.4 Å². The molecule has 288 valence electrons. The Morgan fingerprint density at radius 2 is 1.76 bits per heavy atom. The Bertz CT molecular complexity index is 2380. The van der Waals surface area contributed by atoms with Gasteiger partial charge in [0, 0.05) is 101 Å². The van der Waals surface area contributed by atoms with Crippen LogP contribution >= 0.6 is 0 Å². The number of aromatic hydroxyl groups is 1. The Hall–Kier alpha value is -4.78. The number of nitrogens with zero attached hydrogens (tertiary/aromatic N) is 7. The molecule has 3 saturated heterocycles. The van der Waals surface area contributed by atoms with Gasteiger partial charge in [0.1, 0.15) is 41.2 Å². The smallest absolute Gasteiger partial charge is 0.319 e. The maximum atomic E-state index is 17.7. The average molecular weight is 762 g/mol. The summed E-state index contributed by atoms with van der Waals surface area (Å²) in [5.41, 5.74) is -1.57. The highest BCUT2D eigenvalue weighted by Crippen LogP contribution is 2.61. The van der Waals surface area contributed by atoms with Gasteiger partial charge >= 0.3 is 6.01 Å². The molecule has 15 heteroatoms. The number of ether oxygens (including phenoxy) is 2. The molecule has 5 heterocycles. The number of phenols is 1. The summed E-state index contributed by atoms with van der Waals surface area (Å²) in [5, 5.41) is 17.0. The van der Waals surface area contributed by atoms with Gasteiger partial charge in [-0.25, -0.2) is 22.0 Å². The first-order valence-corrected chi connectivity index (χ1v) is 18.6. The standard InChI is InChI=1S/C40H40F5N7O3/c1-4-27-30(42)9-6-22-12-26(53)13-28(31(22)27)32-34(43)36-33(29-18-49(2)48-35(29)32)37(52-24-7-8-25(52)17-50(16-24)10-5-11-54-3)47-38(46-36)55-21-39(19-40(39,44)45)20-51-14-23(41)15-51/h1,6,9,12-13,18,23-25,53H,5,7-8,10-11,14-17,19-21H2,2-3H3/t24?,25?,39-/m1/s1. The van der Waals surface area contributed by atoms with Crippen molar-refractivity contribution in [3.05, 3.63) is 47.7 Å². The van der Waals surface area contributed by atoms with Gasteiger partial charge in [-0.2, -0.15) is 15.1 Å². The number of piperazine rings is 1. The molecule has 0 spiro atoms. The second kappa shape index (κ2) is 13.2. The summed E-state index contributed by atoms with van der Waals surface area (Å²) in [6.07, 6.45) is 8.64. The zero-order chi connectivity index (χ0) is 38.4.